The highest BCUT2D eigenvalue weighted by molar-refractivity contribution is 5.93. The maximum Gasteiger partial charge on any atom is 0.169 e. The summed E-state index contributed by atoms with van der Waals surface area (Å²) in [6.07, 6.45) is 0. The van der Waals surface area contributed by atoms with Gasteiger partial charge in [0.15, 0.2) is 17.5 Å². The third-order valence-corrected chi connectivity index (χ3v) is 3.36. The second-order valence-corrected chi connectivity index (χ2v) is 4.72. The minimum Gasteiger partial charge on any atom is -0.373 e. The summed E-state index contributed by atoms with van der Waals surface area (Å²) < 4.78 is 27.3. The van der Waals surface area contributed by atoms with Crippen LogP contribution in [0.5, 0.6) is 0 Å². The van der Waals surface area contributed by atoms with Gasteiger partial charge in [0.2, 0.25) is 0 Å². The molecule has 1 heterocycles. The number of nitrogens with one attached hydrogen (secondary N) is 1. The van der Waals surface area contributed by atoms with Gasteiger partial charge < -0.3 is 5.32 Å². The van der Waals surface area contributed by atoms with Gasteiger partial charge in [-0.15, -0.1) is 0 Å². The molecule has 0 unspecified atom stereocenters. The summed E-state index contributed by atoms with van der Waals surface area (Å²) in [5, 5.41) is 3.86. The lowest BCUT2D eigenvalue weighted by Gasteiger charge is -2.10. The van der Waals surface area contributed by atoms with Gasteiger partial charge >= 0.3 is 0 Å². The van der Waals surface area contributed by atoms with Crippen molar-refractivity contribution in [3.63, 3.8) is 0 Å². The van der Waals surface area contributed by atoms with Crippen LogP contribution in [-0.2, 0) is 0 Å². The van der Waals surface area contributed by atoms with Crippen LogP contribution in [0.15, 0.2) is 36.4 Å². The number of fused-ring (bicyclic) bond motifs is 1. The molecule has 1 N–H and O–H groups in total. The Balaban J connectivity index is 2.32. The molecule has 0 atom stereocenters. The number of aryl methyl sites for hydroxylation is 1. The van der Waals surface area contributed by atoms with E-state index in [4.69, 9.17) is 0 Å². The van der Waals surface area contributed by atoms with Crippen molar-refractivity contribution in [2.75, 3.05) is 12.4 Å². The van der Waals surface area contributed by atoms with E-state index in [0.29, 0.717) is 11.3 Å². The number of nitrogens with zero attached hydrogens (tertiary/aromatic N) is 2. The van der Waals surface area contributed by atoms with Crippen LogP contribution in [0.4, 0.5) is 14.6 Å². The lowest BCUT2D eigenvalue weighted by molar-refractivity contribution is 0.510. The van der Waals surface area contributed by atoms with Crippen molar-refractivity contribution in [1.82, 2.24) is 9.97 Å². The Hall–Kier alpha value is -2.56. The van der Waals surface area contributed by atoms with E-state index in [2.05, 4.69) is 15.3 Å². The zero-order chi connectivity index (χ0) is 15.0. The Labute approximate surface area is 120 Å². The van der Waals surface area contributed by atoms with Gasteiger partial charge in [0.1, 0.15) is 5.82 Å². The molecule has 0 spiro atoms. The van der Waals surface area contributed by atoms with Gasteiger partial charge in [-0.05, 0) is 30.7 Å². The highest BCUT2D eigenvalue weighted by Gasteiger charge is 2.15. The van der Waals surface area contributed by atoms with Crippen LogP contribution in [0, 0.1) is 18.6 Å². The fourth-order valence-corrected chi connectivity index (χ4v) is 2.33. The summed E-state index contributed by atoms with van der Waals surface area (Å²) in [4.78, 5) is 8.68. The Morgan fingerprint density at radius 1 is 1.00 bits per heavy atom. The normalized spacial score (nSPS) is 10.9. The van der Waals surface area contributed by atoms with Gasteiger partial charge in [0, 0.05) is 12.4 Å². The highest BCUT2D eigenvalue weighted by Crippen LogP contribution is 2.28. The zero-order valence-corrected chi connectivity index (χ0v) is 11.6. The van der Waals surface area contributed by atoms with Crippen molar-refractivity contribution in [1.29, 1.82) is 0 Å². The number of aromatic nitrogens is 2. The average molecular weight is 285 g/mol. The van der Waals surface area contributed by atoms with Crippen molar-refractivity contribution >= 4 is 16.7 Å². The predicted molar refractivity (Wildman–Crippen MR) is 79.2 cm³/mol. The minimum absolute atomic E-state index is 0.0508. The molecule has 0 aliphatic rings. The van der Waals surface area contributed by atoms with E-state index >= 15 is 0 Å². The van der Waals surface area contributed by atoms with E-state index in [-0.39, 0.29) is 11.4 Å². The predicted octanol–water partition coefficient (Wildman–Crippen LogP) is 3.93. The fourth-order valence-electron chi connectivity index (χ4n) is 2.33. The Morgan fingerprint density at radius 3 is 2.52 bits per heavy atom. The number of hydrogen-bond acceptors (Lipinski definition) is 3. The number of anilines is 1. The molecule has 0 radical (unpaired) electrons. The number of rotatable bonds is 2. The van der Waals surface area contributed by atoms with E-state index in [1.165, 1.54) is 12.1 Å². The number of benzene rings is 2. The molecule has 0 saturated heterocycles. The monoisotopic (exact) mass is 285 g/mol. The third kappa shape index (κ3) is 2.20. The van der Waals surface area contributed by atoms with Gasteiger partial charge in [0.05, 0.1) is 11.1 Å². The highest BCUT2D eigenvalue weighted by atomic mass is 19.2. The van der Waals surface area contributed by atoms with E-state index in [0.717, 1.165) is 17.0 Å². The van der Waals surface area contributed by atoms with Gasteiger partial charge in [-0.3, -0.25) is 0 Å². The summed E-state index contributed by atoms with van der Waals surface area (Å²) >= 11 is 0. The molecular formula is C16H13F2N3. The Bertz CT molecular complexity index is 831. The molecule has 3 aromatic rings. The van der Waals surface area contributed by atoms with Crippen LogP contribution in [0.1, 0.15) is 5.56 Å². The molecule has 3 rings (SSSR count). The number of halogens is 2. The lowest BCUT2D eigenvalue weighted by Crippen LogP contribution is -2.01. The largest absolute Gasteiger partial charge is 0.373 e. The first kappa shape index (κ1) is 13.4. The van der Waals surface area contributed by atoms with Crippen LogP contribution in [0.3, 0.4) is 0 Å². The van der Waals surface area contributed by atoms with E-state index < -0.39 is 11.6 Å². The van der Waals surface area contributed by atoms with Crippen molar-refractivity contribution in [2.45, 2.75) is 6.92 Å². The fraction of sp³-hybridized carbons (Fsp3) is 0.125. The van der Waals surface area contributed by atoms with Gasteiger partial charge in [-0.25, -0.2) is 18.7 Å². The van der Waals surface area contributed by atoms with Crippen LogP contribution in [0.2, 0.25) is 0 Å². The molecule has 0 bridgehead atoms. The topological polar surface area (TPSA) is 37.8 Å². The van der Waals surface area contributed by atoms with Gasteiger partial charge in [-0.2, -0.15) is 0 Å². The van der Waals surface area contributed by atoms with Crippen LogP contribution < -0.4 is 5.32 Å². The molecule has 0 aliphatic heterocycles. The summed E-state index contributed by atoms with van der Waals surface area (Å²) in [6.45, 7) is 1.95. The SMILES string of the molecule is CNc1nc(-c2cccc(F)c2F)nc2cccc(C)c12. The quantitative estimate of drug-likeness (QED) is 0.775. The maximum atomic E-state index is 13.9. The summed E-state index contributed by atoms with van der Waals surface area (Å²) in [5.41, 5.74) is 1.76. The van der Waals surface area contributed by atoms with Gasteiger partial charge in [-0.1, -0.05) is 18.2 Å². The summed E-state index contributed by atoms with van der Waals surface area (Å²) in [6, 6.07) is 9.63. The molecule has 106 valence electrons. The average Bonchev–Trinajstić information content (AvgIpc) is 2.49. The first-order valence-electron chi connectivity index (χ1n) is 6.51. The van der Waals surface area contributed by atoms with Crippen molar-refractivity contribution in [2.24, 2.45) is 0 Å². The molecule has 3 nitrogen and oxygen atoms in total. The second kappa shape index (κ2) is 5.09. The Morgan fingerprint density at radius 2 is 1.76 bits per heavy atom. The van der Waals surface area contributed by atoms with Crippen LogP contribution in [-0.4, -0.2) is 17.0 Å². The standard InChI is InChI=1S/C16H13F2N3/c1-9-5-3-8-12-13(9)16(19-2)21-15(20-12)10-6-4-7-11(17)14(10)18/h3-8H,1-2H3,(H,19,20,21). The molecule has 21 heavy (non-hydrogen) atoms. The van der Waals surface area contributed by atoms with E-state index in [1.807, 2.05) is 25.1 Å². The van der Waals surface area contributed by atoms with Crippen LogP contribution >= 0.6 is 0 Å². The molecule has 0 saturated carbocycles. The zero-order valence-electron chi connectivity index (χ0n) is 11.6. The molecule has 5 heteroatoms. The first-order valence-corrected chi connectivity index (χ1v) is 6.51. The van der Waals surface area contributed by atoms with Crippen LogP contribution in [0.25, 0.3) is 22.3 Å². The molecule has 0 aliphatic carbocycles. The molecular weight excluding hydrogens is 272 g/mol. The number of hydrogen-bond donors (Lipinski definition) is 1. The molecule has 2 aromatic carbocycles. The van der Waals surface area contributed by atoms with Crippen molar-refractivity contribution in [3.05, 3.63) is 53.6 Å². The second-order valence-electron chi connectivity index (χ2n) is 4.72. The summed E-state index contributed by atoms with van der Waals surface area (Å²) in [7, 11) is 1.74. The minimum atomic E-state index is -0.938. The Kier molecular flexibility index (Phi) is 3.25. The lowest BCUT2D eigenvalue weighted by atomic mass is 10.1. The molecule has 0 fully saturated rings. The third-order valence-electron chi connectivity index (χ3n) is 3.36. The maximum absolute atomic E-state index is 13.9. The smallest absolute Gasteiger partial charge is 0.169 e. The molecule has 0 amide bonds. The van der Waals surface area contributed by atoms with E-state index in [1.54, 1.807) is 7.05 Å². The van der Waals surface area contributed by atoms with Crippen molar-refractivity contribution in [3.8, 4) is 11.4 Å². The van der Waals surface area contributed by atoms with Crippen molar-refractivity contribution < 1.29 is 8.78 Å². The van der Waals surface area contributed by atoms with Gasteiger partial charge in [0.25, 0.3) is 0 Å². The van der Waals surface area contributed by atoms with E-state index in [9.17, 15) is 8.78 Å². The first-order chi connectivity index (χ1) is 10.1. The molecule has 1 aromatic heterocycles. The summed E-state index contributed by atoms with van der Waals surface area (Å²) in [5.74, 6) is -1.09.